The van der Waals surface area contributed by atoms with Crippen LogP contribution < -0.4 is 5.73 Å². The third kappa shape index (κ3) is 1.62. The van der Waals surface area contributed by atoms with E-state index >= 15 is 0 Å². The zero-order valence-corrected chi connectivity index (χ0v) is 10.4. The van der Waals surface area contributed by atoms with Crippen LogP contribution in [0.2, 0.25) is 0 Å². The number of aromatic nitrogens is 3. The highest BCUT2D eigenvalue weighted by Crippen LogP contribution is 2.22. The molecule has 18 heavy (non-hydrogen) atoms. The summed E-state index contributed by atoms with van der Waals surface area (Å²) in [5.74, 6) is 0.820. The molecule has 0 spiro atoms. The third-order valence-corrected chi connectivity index (χ3v) is 2.98. The predicted molar refractivity (Wildman–Crippen MR) is 72.3 cm³/mol. The number of rotatable bonds is 1. The van der Waals surface area contributed by atoms with Gasteiger partial charge in [-0.25, -0.2) is 0 Å². The van der Waals surface area contributed by atoms with E-state index in [0.29, 0.717) is 11.3 Å². The molecular formula is C14H14N4. The normalized spacial score (nSPS) is 11.0. The number of nitrogen functional groups attached to an aromatic ring is 1. The Bertz CT molecular complexity index is 710. The molecule has 0 aliphatic carbocycles. The minimum absolute atomic E-state index is 0.654. The Morgan fingerprint density at radius 1 is 1.00 bits per heavy atom. The maximum atomic E-state index is 5.95. The molecule has 0 aliphatic heterocycles. The van der Waals surface area contributed by atoms with Crippen molar-refractivity contribution in [1.29, 1.82) is 0 Å². The number of nitrogens with two attached hydrogens (primary N) is 1. The highest BCUT2D eigenvalue weighted by molar-refractivity contribution is 5.69. The SMILES string of the molecule is Cc1ccc(-c2nnc3c(N)cc(C)cn23)cc1. The van der Waals surface area contributed by atoms with E-state index in [-0.39, 0.29) is 0 Å². The van der Waals surface area contributed by atoms with Crippen molar-refractivity contribution in [3.05, 3.63) is 47.7 Å². The molecule has 0 unspecified atom stereocenters. The number of aryl methyl sites for hydroxylation is 2. The summed E-state index contributed by atoms with van der Waals surface area (Å²) in [6.07, 6.45) is 2.00. The summed E-state index contributed by atoms with van der Waals surface area (Å²) in [6, 6.07) is 10.1. The van der Waals surface area contributed by atoms with Crippen LogP contribution in [0.15, 0.2) is 36.5 Å². The molecule has 3 rings (SSSR count). The lowest BCUT2D eigenvalue weighted by atomic mass is 10.1. The Kier molecular flexibility index (Phi) is 2.30. The molecule has 2 heterocycles. The summed E-state index contributed by atoms with van der Waals surface area (Å²) >= 11 is 0. The van der Waals surface area contributed by atoms with Crippen LogP contribution in [0.5, 0.6) is 0 Å². The number of hydrogen-bond donors (Lipinski definition) is 1. The number of pyridine rings is 1. The van der Waals surface area contributed by atoms with E-state index in [1.54, 1.807) is 0 Å². The first-order valence-corrected chi connectivity index (χ1v) is 5.83. The van der Waals surface area contributed by atoms with Crippen LogP contribution >= 0.6 is 0 Å². The van der Waals surface area contributed by atoms with Gasteiger partial charge in [0.2, 0.25) is 0 Å². The molecule has 2 aromatic heterocycles. The van der Waals surface area contributed by atoms with Crippen molar-refractivity contribution in [3.63, 3.8) is 0 Å². The van der Waals surface area contributed by atoms with E-state index in [0.717, 1.165) is 17.0 Å². The van der Waals surface area contributed by atoms with Gasteiger partial charge in [-0.1, -0.05) is 29.8 Å². The fourth-order valence-corrected chi connectivity index (χ4v) is 2.06. The van der Waals surface area contributed by atoms with Gasteiger partial charge in [-0.15, -0.1) is 10.2 Å². The lowest BCUT2D eigenvalue weighted by molar-refractivity contribution is 1.11. The van der Waals surface area contributed by atoms with Gasteiger partial charge in [0, 0.05) is 11.8 Å². The highest BCUT2D eigenvalue weighted by Gasteiger charge is 2.10. The van der Waals surface area contributed by atoms with E-state index in [1.807, 2.05) is 35.7 Å². The first kappa shape index (κ1) is 10.8. The maximum absolute atomic E-state index is 5.95. The van der Waals surface area contributed by atoms with E-state index in [9.17, 15) is 0 Å². The molecule has 0 fully saturated rings. The summed E-state index contributed by atoms with van der Waals surface area (Å²) in [7, 11) is 0. The fraction of sp³-hybridized carbons (Fsp3) is 0.143. The van der Waals surface area contributed by atoms with Crippen molar-refractivity contribution in [2.45, 2.75) is 13.8 Å². The molecule has 0 aliphatic rings. The number of anilines is 1. The second-order valence-corrected chi connectivity index (χ2v) is 4.56. The monoisotopic (exact) mass is 238 g/mol. The molecule has 0 amide bonds. The topological polar surface area (TPSA) is 56.2 Å². The molecule has 3 aromatic rings. The standard InChI is InChI=1S/C14H14N4/c1-9-3-5-11(6-4-9)13-16-17-14-12(15)7-10(2)8-18(13)14/h3-8H,15H2,1-2H3. The van der Waals surface area contributed by atoms with Gasteiger partial charge in [-0.2, -0.15) is 0 Å². The third-order valence-electron chi connectivity index (χ3n) is 2.98. The van der Waals surface area contributed by atoms with Gasteiger partial charge in [0.15, 0.2) is 11.5 Å². The van der Waals surface area contributed by atoms with Crippen LogP contribution in [0, 0.1) is 13.8 Å². The average Bonchev–Trinajstić information content (AvgIpc) is 2.74. The second-order valence-electron chi connectivity index (χ2n) is 4.56. The minimum atomic E-state index is 0.654. The Morgan fingerprint density at radius 2 is 1.72 bits per heavy atom. The predicted octanol–water partition coefficient (Wildman–Crippen LogP) is 2.60. The number of fused-ring (bicyclic) bond motifs is 1. The molecule has 90 valence electrons. The van der Waals surface area contributed by atoms with Gasteiger partial charge in [0.1, 0.15) is 0 Å². The maximum Gasteiger partial charge on any atom is 0.184 e. The van der Waals surface area contributed by atoms with Crippen LogP contribution in [0.3, 0.4) is 0 Å². The zero-order valence-electron chi connectivity index (χ0n) is 10.4. The van der Waals surface area contributed by atoms with Gasteiger partial charge in [-0.3, -0.25) is 4.40 Å². The molecule has 1 aromatic carbocycles. The van der Waals surface area contributed by atoms with E-state index < -0.39 is 0 Å². The summed E-state index contributed by atoms with van der Waals surface area (Å²) in [4.78, 5) is 0. The van der Waals surface area contributed by atoms with Gasteiger partial charge in [0.05, 0.1) is 5.69 Å². The van der Waals surface area contributed by atoms with Crippen LogP contribution in [-0.2, 0) is 0 Å². The number of benzene rings is 1. The first-order valence-electron chi connectivity index (χ1n) is 5.83. The minimum Gasteiger partial charge on any atom is -0.396 e. The van der Waals surface area contributed by atoms with E-state index in [2.05, 4.69) is 29.3 Å². The van der Waals surface area contributed by atoms with Gasteiger partial charge >= 0.3 is 0 Å². The largest absolute Gasteiger partial charge is 0.396 e. The number of nitrogens with zero attached hydrogens (tertiary/aromatic N) is 3. The molecule has 0 atom stereocenters. The Balaban J connectivity index is 2.27. The summed E-state index contributed by atoms with van der Waals surface area (Å²) < 4.78 is 1.94. The summed E-state index contributed by atoms with van der Waals surface area (Å²) in [5.41, 5.74) is 10.7. The van der Waals surface area contributed by atoms with Crippen molar-refractivity contribution in [2.24, 2.45) is 0 Å². The molecule has 0 saturated heterocycles. The van der Waals surface area contributed by atoms with Gasteiger partial charge < -0.3 is 5.73 Å². The van der Waals surface area contributed by atoms with E-state index in [4.69, 9.17) is 5.73 Å². The molecule has 0 saturated carbocycles. The van der Waals surface area contributed by atoms with Crippen molar-refractivity contribution < 1.29 is 0 Å². The van der Waals surface area contributed by atoms with Crippen molar-refractivity contribution >= 4 is 11.3 Å². The van der Waals surface area contributed by atoms with Crippen molar-refractivity contribution in [3.8, 4) is 11.4 Å². The molecular weight excluding hydrogens is 224 g/mol. The van der Waals surface area contributed by atoms with E-state index in [1.165, 1.54) is 5.56 Å². The highest BCUT2D eigenvalue weighted by atomic mass is 15.2. The molecule has 0 bridgehead atoms. The fourth-order valence-electron chi connectivity index (χ4n) is 2.06. The van der Waals surface area contributed by atoms with Gasteiger partial charge in [0.25, 0.3) is 0 Å². The van der Waals surface area contributed by atoms with Crippen molar-refractivity contribution in [1.82, 2.24) is 14.6 Å². The van der Waals surface area contributed by atoms with Crippen LogP contribution in [0.25, 0.3) is 17.0 Å². The van der Waals surface area contributed by atoms with Crippen LogP contribution in [0.1, 0.15) is 11.1 Å². The lowest BCUT2D eigenvalue weighted by Crippen LogP contribution is -1.95. The smallest absolute Gasteiger partial charge is 0.184 e. The lowest BCUT2D eigenvalue weighted by Gasteiger charge is -2.03. The average molecular weight is 238 g/mol. The molecule has 4 heteroatoms. The van der Waals surface area contributed by atoms with Crippen molar-refractivity contribution in [2.75, 3.05) is 5.73 Å². The summed E-state index contributed by atoms with van der Waals surface area (Å²) in [5, 5.41) is 8.38. The zero-order chi connectivity index (χ0) is 12.7. The second kappa shape index (κ2) is 3.84. The first-order chi connectivity index (χ1) is 8.65. The molecule has 0 radical (unpaired) electrons. The summed E-state index contributed by atoms with van der Waals surface area (Å²) in [6.45, 7) is 4.07. The Labute approximate surface area is 105 Å². The Hall–Kier alpha value is -2.36. The Morgan fingerprint density at radius 3 is 2.44 bits per heavy atom. The number of hydrogen-bond acceptors (Lipinski definition) is 3. The van der Waals surface area contributed by atoms with Gasteiger partial charge in [-0.05, 0) is 25.5 Å². The molecule has 4 nitrogen and oxygen atoms in total. The van der Waals surface area contributed by atoms with Crippen LogP contribution in [0.4, 0.5) is 5.69 Å². The molecule has 2 N–H and O–H groups in total. The van der Waals surface area contributed by atoms with Crippen LogP contribution in [-0.4, -0.2) is 14.6 Å². The quantitative estimate of drug-likeness (QED) is 0.709.